The van der Waals surface area contributed by atoms with E-state index in [0.717, 1.165) is 10.2 Å². The average Bonchev–Trinajstić information content (AvgIpc) is 3.05. The Morgan fingerprint density at radius 3 is 2.59 bits per heavy atom. The van der Waals surface area contributed by atoms with Crippen molar-refractivity contribution in [1.29, 1.82) is 0 Å². The molecule has 1 heterocycles. The predicted molar refractivity (Wildman–Crippen MR) is 111 cm³/mol. The number of rotatable bonds is 3. The molecule has 0 bridgehead atoms. The molecule has 27 heavy (non-hydrogen) atoms. The van der Waals surface area contributed by atoms with Crippen molar-refractivity contribution in [1.82, 2.24) is 4.98 Å². The molecule has 0 unspecified atom stereocenters. The molecule has 0 saturated heterocycles. The van der Waals surface area contributed by atoms with E-state index in [4.69, 9.17) is 23.2 Å². The number of fused-ring (bicyclic) bond motifs is 1. The van der Waals surface area contributed by atoms with Gasteiger partial charge in [0.1, 0.15) is 10.8 Å². The Balaban J connectivity index is 1.60. The second kappa shape index (κ2) is 7.19. The number of halogens is 2. The fourth-order valence-electron chi connectivity index (χ4n) is 2.65. The fourth-order valence-corrected chi connectivity index (χ4v) is 4.14. The van der Waals surface area contributed by atoms with Crippen LogP contribution in [-0.2, 0) is 0 Å². The molecule has 2 N–H and O–H groups in total. The minimum absolute atomic E-state index is 0.0362. The lowest BCUT2D eigenvalue weighted by Crippen LogP contribution is -2.12. The van der Waals surface area contributed by atoms with Gasteiger partial charge in [0, 0.05) is 16.8 Å². The molecule has 0 fully saturated rings. The molecule has 1 amide bonds. The van der Waals surface area contributed by atoms with Gasteiger partial charge in [-0.2, -0.15) is 0 Å². The second-order valence-electron chi connectivity index (χ2n) is 5.80. The van der Waals surface area contributed by atoms with Crippen molar-refractivity contribution >= 4 is 56.3 Å². The Bertz CT molecular complexity index is 1140. The van der Waals surface area contributed by atoms with Crippen molar-refractivity contribution in [2.75, 3.05) is 5.32 Å². The second-order valence-corrected chi connectivity index (χ2v) is 7.67. The first-order chi connectivity index (χ1) is 13.0. The van der Waals surface area contributed by atoms with Crippen LogP contribution in [0.3, 0.4) is 0 Å². The minimum Gasteiger partial charge on any atom is -0.507 e. The summed E-state index contributed by atoms with van der Waals surface area (Å²) in [7, 11) is 0. The number of nitrogens with zero attached hydrogens (tertiary/aromatic N) is 1. The van der Waals surface area contributed by atoms with Crippen LogP contribution in [0.2, 0.25) is 10.0 Å². The van der Waals surface area contributed by atoms with Crippen molar-refractivity contribution in [3.8, 4) is 16.3 Å². The molecule has 0 aliphatic carbocycles. The number of phenolic OH excluding ortho intramolecular Hbond substituents is 1. The third-order valence-corrected chi connectivity index (χ3v) is 5.57. The first kappa shape index (κ1) is 17.8. The van der Waals surface area contributed by atoms with Crippen LogP contribution < -0.4 is 5.32 Å². The van der Waals surface area contributed by atoms with Crippen LogP contribution in [0.1, 0.15) is 10.4 Å². The van der Waals surface area contributed by atoms with E-state index < -0.39 is 0 Å². The van der Waals surface area contributed by atoms with Gasteiger partial charge in [-0.05, 0) is 42.5 Å². The van der Waals surface area contributed by atoms with Crippen LogP contribution in [0.5, 0.6) is 5.75 Å². The number of benzene rings is 3. The summed E-state index contributed by atoms with van der Waals surface area (Å²) in [5.74, 6) is -0.349. The first-order valence-electron chi connectivity index (χ1n) is 7.96. The van der Waals surface area contributed by atoms with Crippen molar-refractivity contribution in [3.63, 3.8) is 0 Å². The van der Waals surface area contributed by atoms with Crippen molar-refractivity contribution in [3.05, 3.63) is 76.3 Å². The number of carbonyl (C=O) groups excluding carboxylic acids is 1. The van der Waals surface area contributed by atoms with Crippen LogP contribution in [0, 0.1) is 0 Å². The van der Waals surface area contributed by atoms with Crippen LogP contribution in [-0.4, -0.2) is 16.0 Å². The number of hydrogen-bond acceptors (Lipinski definition) is 4. The highest BCUT2D eigenvalue weighted by Crippen LogP contribution is 2.36. The average molecular weight is 415 g/mol. The molecule has 1 aromatic heterocycles. The Labute approximate surface area is 169 Å². The number of aromatic nitrogens is 1. The van der Waals surface area contributed by atoms with E-state index in [1.807, 2.05) is 24.3 Å². The summed E-state index contributed by atoms with van der Waals surface area (Å²) in [6, 6.07) is 17.4. The monoisotopic (exact) mass is 414 g/mol. The van der Waals surface area contributed by atoms with Gasteiger partial charge < -0.3 is 10.4 Å². The standard InChI is InChI=1S/C20H12Cl2N2O2S/c21-11-5-7-13(15(22)9-11)19(26)23-12-6-8-14(17(25)10-12)20-24-16-3-1-2-4-18(16)27-20/h1-10,25H,(H,23,26). The highest BCUT2D eigenvalue weighted by molar-refractivity contribution is 7.21. The topological polar surface area (TPSA) is 62.2 Å². The zero-order chi connectivity index (χ0) is 19.0. The molecular formula is C20H12Cl2N2O2S. The molecule has 0 spiro atoms. The number of carbonyl (C=O) groups is 1. The molecule has 0 aliphatic heterocycles. The first-order valence-corrected chi connectivity index (χ1v) is 9.54. The molecule has 134 valence electrons. The maximum Gasteiger partial charge on any atom is 0.257 e. The molecule has 0 saturated carbocycles. The molecule has 3 aromatic carbocycles. The number of aromatic hydroxyl groups is 1. The van der Waals surface area contributed by atoms with Crippen molar-refractivity contribution in [2.45, 2.75) is 0 Å². The van der Waals surface area contributed by atoms with E-state index in [1.165, 1.54) is 23.5 Å². The smallest absolute Gasteiger partial charge is 0.257 e. The summed E-state index contributed by atoms with van der Waals surface area (Å²) in [4.78, 5) is 16.9. The number of nitrogens with one attached hydrogen (secondary N) is 1. The van der Waals surface area contributed by atoms with Gasteiger partial charge in [-0.25, -0.2) is 4.98 Å². The Kier molecular flexibility index (Phi) is 4.74. The number of amides is 1. The van der Waals surface area contributed by atoms with Crippen LogP contribution >= 0.6 is 34.5 Å². The Hall–Kier alpha value is -2.60. The van der Waals surface area contributed by atoms with E-state index in [0.29, 0.717) is 26.8 Å². The maximum atomic E-state index is 12.4. The van der Waals surface area contributed by atoms with Gasteiger partial charge in [-0.3, -0.25) is 4.79 Å². The zero-order valence-corrected chi connectivity index (χ0v) is 16.1. The Morgan fingerprint density at radius 2 is 1.85 bits per heavy atom. The molecular weight excluding hydrogens is 403 g/mol. The maximum absolute atomic E-state index is 12.4. The largest absolute Gasteiger partial charge is 0.507 e. The summed E-state index contributed by atoms with van der Waals surface area (Å²) in [5, 5.41) is 14.6. The quantitative estimate of drug-likeness (QED) is 0.417. The van der Waals surface area contributed by atoms with Gasteiger partial charge in [0.25, 0.3) is 5.91 Å². The third kappa shape index (κ3) is 3.62. The number of anilines is 1. The van der Waals surface area contributed by atoms with E-state index in [9.17, 15) is 9.90 Å². The number of phenols is 1. The van der Waals surface area contributed by atoms with E-state index in [2.05, 4.69) is 10.3 Å². The van der Waals surface area contributed by atoms with Gasteiger partial charge in [0.2, 0.25) is 0 Å². The normalized spacial score (nSPS) is 10.9. The van der Waals surface area contributed by atoms with Crippen LogP contribution in [0.4, 0.5) is 5.69 Å². The van der Waals surface area contributed by atoms with E-state index in [1.54, 1.807) is 24.3 Å². The molecule has 7 heteroatoms. The van der Waals surface area contributed by atoms with Crippen LogP contribution in [0.25, 0.3) is 20.8 Å². The predicted octanol–water partition coefficient (Wildman–Crippen LogP) is 6.23. The Morgan fingerprint density at radius 1 is 1.04 bits per heavy atom. The molecule has 4 aromatic rings. The van der Waals surface area contributed by atoms with E-state index >= 15 is 0 Å². The molecule has 4 rings (SSSR count). The SMILES string of the molecule is O=C(Nc1ccc(-c2nc3ccccc3s2)c(O)c1)c1ccc(Cl)cc1Cl. The highest BCUT2D eigenvalue weighted by atomic mass is 35.5. The number of thiazole rings is 1. The zero-order valence-electron chi connectivity index (χ0n) is 13.7. The number of hydrogen-bond donors (Lipinski definition) is 2. The summed E-state index contributed by atoms with van der Waals surface area (Å²) >= 11 is 13.4. The van der Waals surface area contributed by atoms with E-state index in [-0.39, 0.29) is 16.7 Å². The van der Waals surface area contributed by atoms with Crippen molar-refractivity contribution in [2.24, 2.45) is 0 Å². The summed E-state index contributed by atoms with van der Waals surface area (Å²) in [6.07, 6.45) is 0. The third-order valence-electron chi connectivity index (χ3n) is 3.96. The molecule has 0 aliphatic rings. The molecule has 0 atom stereocenters. The van der Waals surface area contributed by atoms with Gasteiger partial charge in [0.15, 0.2) is 0 Å². The van der Waals surface area contributed by atoms with Gasteiger partial charge in [-0.1, -0.05) is 35.3 Å². The van der Waals surface area contributed by atoms with Crippen molar-refractivity contribution < 1.29 is 9.90 Å². The van der Waals surface area contributed by atoms with Gasteiger partial charge in [-0.15, -0.1) is 11.3 Å². The fraction of sp³-hybridized carbons (Fsp3) is 0. The number of para-hydroxylation sites is 1. The summed E-state index contributed by atoms with van der Waals surface area (Å²) in [5.41, 5.74) is 2.24. The molecule has 4 nitrogen and oxygen atoms in total. The highest BCUT2D eigenvalue weighted by Gasteiger charge is 2.14. The molecule has 0 radical (unpaired) electrons. The lowest BCUT2D eigenvalue weighted by atomic mass is 10.1. The van der Waals surface area contributed by atoms with Crippen LogP contribution in [0.15, 0.2) is 60.7 Å². The lowest BCUT2D eigenvalue weighted by molar-refractivity contribution is 0.102. The summed E-state index contributed by atoms with van der Waals surface area (Å²) in [6.45, 7) is 0. The van der Waals surface area contributed by atoms with Gasteiger partial charge in [0.05, 0.1) is 26.4 Å². The lowest BCUT2D eigenvalue weighted by Gasteiger charge is -2.09. The van der Waals surface area contributed by atoms with Gasteiger partial charge >= 0.3 is 0 Å². The summed E-state index contributed by atoms with van der Waals surface area (Å²) < 4.78 is 1.04. The minimum atomic E-state index is -0.385.